The molecule has 1 saturated heterocycles. The van der Waals surface area contributed by atoms with Gasteiger partial charge in [-0.05, 0) is 25.9 Å². The van der Waals surface area contributed by atoms with E-state index in [1.807, 2.05) is 0 Å². The molecule has 1 aliphatic heterocycles. The smallest absolute Gasteiger partial charge is 0.338 e. The summed E-state index contributed by atoms with van der Waals surface area (Å²) in [5.74, 6) is -1.05. The van der Waals surface area contributed by atoms with E-state index in [0.717, 1.165) is 25.8 Å². The molecule has 0 bridgehead atoms. The van der Waals surface area contributed by atoms with Crippen LogP contribution in [-0.4, -0.2) is 48.1 Å². The lowest BCUT2D eigenvalue weighted by atomic mass is 9.94. The number of furan rings is 1. The van der Waals surface area contributed by atoms with Gasteiger partial charge in [-0.2, -0.15) is 0 Å². The van der Waals surface area contributed by atoms with E-state index in [1.165, 1.54) is 6.07 Å². The number of carboxylic acids is 1. The van der Waals surface area contributed by atoms with Gasteiger partial charge in [0, 0.05) is 18.7 Å². The highest BCUT2D eigenvalue weighted by molar-refractivity contribution is 5.95. The van der Waals surface area contributed by atoms with Crippen LogP contribution in [0.5, 0.6) is 0 Å². The highest BCUT2D eigenvalue weighted by Crippen LogP contribution is 2.16. The number of rotatable bonds is 3. The van der Waals surface area contributed by atoms with Crippen molar-refractivity contribution in [3.8, 4) is 0 Å². The molecular weight excluding hydrogens is 248 g/mol. The molecule has 0 aromatic carbocycles. The van der Waals surface area contributed by atoms with Crippen LogP contribution in [0.2, 0.25) is 0 Å². The molecule has 1 aromatic rings. The molecule has 6 nitrogen and oxygen atoms in total. The molecule has 0 aliphatic carbocycles. The van der Waals surface area contributed by atoms with Crippen molar-refractivity contribution in [3.05, 3.63) is 23.7 Å². The molecule has 1 fully saturated rings. The Bertz CT molecular complexity index is 483. The summed E-state index contributed by atoms with van der Waals surface area (Å²) in [5.41, 5.74) is -0.0124. The molecule has 1 amide bonds. The van der Waals surface area contributed by atoms with Gasteiger partial charge < -0.3 is 19.7 Å². The molecule has 2 unspecified atom stereocenters. The summed E-state index contributed by atoms with van der Waals surface area (Å²) < 4.78 is 4.98. The largest absolute Gasteiger partial charge is 0.478 e. The number of nitrogens with one attached hydrogen (secondary N) is 1. The summed E-state index contributed by atoms with van der Waals surface area (Å²) in [6, 6.07) is 1.35. The summed E-state index contributed by atoms with van der Waals surface area (Å²) >= 11 is 0. The summed E-state index contributed by atoms with van der Waals surface area (Å²) in [7, 11) is 2.06. The number of hydrogen-bond acceptors (Lipinski definition) is 4. The zero-order chi connectivity index (χ0) is 14.0. The number of nitrogens with zero attached hydrogens (tertiary/aromatic N) is 1. The second kappa shape index (κ2) is 5.44. The van der Waals surface area contributed by atoms with Crippen molar-refractivity contribution in [2.45, 2.75) is 19.4 Å². The van der Waals surface area contributed by atoms with Crippen LogP contribution in [0.4, 0.5) is 0 Å². The predicted molar refractivity (Wildman–Crippen MR) is 68.2 cm³/mol. The normalized spacial score (nSPS) is 24.1. The molecular formula is C13H18N2O4. The minimum Gasteiger partial charge on any atom is -0.478 e. The fraction of sp³-hybridized carbons (Fsp3) is 0.538. The van der Waals surface area contributed by atoms with Crippen molar-refractivity contribution in [2.24, 2.45) is 5.92 Å². The van der Waals surface area contributed by atoms with Crippen LogP contribution in [0.3, 0.4) is 0 Å². The Hall–Kier alpha value is -1.82. The lowest BCUT2D eigenvalue weighted by Crippen LogP contribution is -2.48. The molecule has 0 saturated carbocycles. The highest BCUT2D eigenvalue weighted by atomic mass is 16.4. The van der Waals surface area contributed by atoms with E-state index in [2.05, 4.69) is 24.2 Å². The van der Waals surface area contributed by atoms with Gasteiger partial charge in [0.1, 0.15) is 6.26 Å². The van der Waals surface area contributed by atoms with Crippen molar-refractivity contribution in [3.63, 3.8) is 0 Å². The molecule has 2 N–H and O–H groups in total. The number of hydrogen-bond donors (Lipinski definition) is 2. The second-order valence-corrected chi connectivity index (χ2v) is 5.11. The van der Waals surface area contributed by atoms with Gasteiger partial charge in [-0.25, -0.2) is 4.79 Å². The van der Waals surface area contributed by atoms with Crippen molar-refractivity contribution in [2.75, 3.05) is 20.1 Å². The van der Waals surface area contributed by atoms with E-state index in [-0.39, 0.29) is 23.3 Å². The number of carbonyl (C=O) groups is 2. The first-order valence-electron chi connectivity index (χ1n) is 6.28. The Morgan fingerprint density at radius 1 is 1.53 bits per heavy atom. The molecule has 1 aliphatic rings. The molecule has 1 aromatic heterocycles. The molecule has 0 radical (unpaired) electrons. The number of likely N-dealkylation sites (tertiary alicyclic amines) is 1. The lowest BCUT2D eigenvalue weighted by Gasteiger charge is -2.34. The van der Waals surface area contributed by atoms with Crippen molar-refractivity contribution in [1.29, 1.82) is 0 Å². The van der Waals surface area contributed by atoms with Gasteiger partial charge in [-0.3, -0.25) is 4.79 Å². The van der Waals surface area contributed by atoms with Crippen molar-refractivity contribution < 1.29 is 19.1 Å². The first-order chi connectivity index (χ1) is 8.97. The van der Waals surface area contributed by atoms with Crippen LogP contribution < -0.4 is 5.32 Å². The van der Waals surface area contributed by atoms with Gasteiger partial charge in [0.05, 0.1) is 5.56 Å². The van der Waals surface area contributed by atoms with Gasteiger partial charge in [-0.15, -0.1) is 0 Å². The Morgan fingerprint density at radius 3 is 2.84 bits per heavy atom. The van der Waals surface area contributed by atoms with E-state index in [0.29, 0.717) is 5.92 Å². The Kier molecular flexibility index (Phi) is 3.90. The fourth-order valence-electron chi connectivity index (χ4n) is 2.38. The number of carboxylic acid groups (broad SMARTS) is 1. The molecule has 2 heterocycles. The molecule has 0 spiro atoms. The molecule has 19 heavy (non-hydrogen) atoms. The third kappa shape index (κ3) is 3.14. The third-order valence-corrected chi connectivity index (χ3v) is 3.50. The van der Waals surface area contributed by atoms with E-state index in [9.17, 15) is 9.59 Å². The summed E-state index contributed by atoms with van der Waals surface area (Å²) in [5, 5.41) is 11.7. The summed E-state index contributed by atoms with van der Waals surface area (Å²) in [4.78, 5) is 24.9. The molecule has 6 heteroatoms. The van der Waals surface area contributed by atoms with E-state index in [4.69, 9.17) is 9.52 Å². The Balaban J connectivity index is 1.98. The van der Waals surface area contributed by atoms with Gasteiger partial charge >= 0.3 is 5.97 Å². The zero-order valence-corrected chi connectivity index (χ0v) is 11.0. The standard InChI is InChI=1S/C13H18N2O4/c1-8-6-15(2)4-3-10(8)14-12(16)11-5-9(7-19-11)13(17)18/h5,7-8,10H,3-4,6H2,1-2H3,(H,14,16)(H,17,18). The van der Waals surface area contributed by atoms with E-state index in [1.54, 1.807) is 0 Å². The fourth-order valence-corrected chi connectivity index (χ4v) is 2.38. The quantitative estimate of drug-likeness (QED) is 0.854. The predicted octanol–water partition coefficient (Wildman–Crippen LogP) is 1.05. The van der Waals surface area contributed by atoms with E-state index >= 15 is 0 Å². The summed E-state index contributed by atoms with van der Waals surface area (Å²) in [6.07, 6.45) is 1.96. The van der Waals surface area contributed by atoms with Gasteiger partial charge in [0.15, 0.2) is 5.76 Å². The van der Waals surface area contributed by atoms with Crippen LogP contribution in [0.25, 0.3) is 0 Å². The monoisotopic (exact) mass is 266 g/mol. The number of carbonyl (C=O) groups excluding carboxylic acids is 1. The number of aromatic carboxylic acids is 1. The first-order valence-corrected chi connectivity index (χ1v) is 6.28. The maximum atomic E-state index is 12.0. The molecule has 2 rings (SSSR count). The molecule has 2 atom stereocenters. The Labute approximate surface area is 111 Å². The van der Waals surface area contributed by atoms with Crippen LogP contribution in [0.1, 0.15) is 34.3 Å². The maximum Gasteiger partial charge on any atom is 0.338 e. The van der Waals surface area contributed by atoms with E-state index < -0.39 is 5.97 Å². The van der Waals surface area contributed by atoms with Gasteiger partial charge in [0.25, 0.3) is 5.91 Å². The minimum atomic E-state index is -1.10. The number of amides is 1. The second-order valence-electron chi connectivity index (χ2n) is 5.11. The van der Waals surface area contributed by atoms with Gasteiger partial charge in [-0.1, -0.05) is 6.92 Å². The van der Waals surface area contributed by atoms with Crippen LogP contribution in [-0.2, 0) is 0 Å². The Morgan fingerprint density at radius 2 is 2.26 bits per heavy atom. The van der Waals surface area contributed by atoms with Crippen LogP contribution in [0, 0.1) is 5.92 Å². The number of piperidine rings is 1. The van der Waals surface area contributed by atoms with Gasteiger partial charge in [0.2, 0.25) is 0 Å². The SMILES string of the molecule is CC1CN(C)CCC1NC(=O)c1cc(C(=O)O)co1. The average molecular weight is 266 g/mol. The maximum absolute atomic E-state index is 12.0. The summed E-state index contributed by atoms with van der Waals surface area (Å²) in [6.45, 7) is 3.96. The first kappa shape index (κ1) is 13.6. The zero-order valence-electron chi connectivity index (χ0n) is 11.0. The van der Waals surface area contributed by atoms with Crippen molar-refractivity contribution in [1.82, 2.24) is 10.2 Å². The van der Waals surface area contributed by atoms with Crippen molar-refractivity contribution >= 4 is 11.9 Å². The third-order valence-electron chi connectivity index (χ3n) is 3.50. The minimum absolute atomic E-state index is 0.0124. The average Bonchev–Trinajstić information content (AvgIpc) is 2.82. The van der Waals surface area contributed by atoms with Crippen LogP contribution in [0.15, 0.2) is 16.7 Å². The highest BCUT2D eigenvalue weighted by Gasteiger charge is 2.26. The lowest BCUT2D eigenvalue weighted by molar-refractivity contribution is 0.0695. The van der Waals surface area contributed by atoms with Crippen LogP contribution >= 0.6 is 0 Å². The molecule has 104 valence electrons. The topological polar surface area (TPSA) is 82.8 Å².